The van der Waals surface area contributed by atoms with E-state index in [0.29, 0.717) is 12.3 Å². The zero-order chi connectivity index (χ0) is 8.10. The van der Waals surface area contributed by atoms with Gasteiger partial charge in [0.2, 0.25) is 0 Å². The number of halogens is 1. The van der Waals surface area contributed by atoms with Crippen molar-refractivity contribution < 1.29 is 9.53 Å². The minimum Gasteiger partial charge on any atom is -0.469 e. The van der Waals surface area contributed by atoms with Gasteiger partial charge in [-0.3, -0.25) is 4.79 Å². The van der Waals surface area contributed by atoms with E-state index < -0.39 is 0 Å². The lowest BCUT2D eigenvalue weighted by Gasteiger charge is -2.05. The number of rotatable bonds is 3. The topological polar surface area (TPSA) is 38.3 Å². The van der Waals surface area contributed by atoms with Gasteiger partial charge in [-0.15, -0.1) is 12.4 Å². The van der Waals surface area contributed by atoms with Gasteiger partial charge in [-0.1, -0.05) is 0 Å². The molecule has 1 atom stereocenters. The Balaban J connectivity index is 0.00000121. The quantitative estimate of drug-likeness (QED) is 0.679. The van der Waals surface area contributed by atoms with E-state index in [1.807, 2.05) is 0 Å². The summed E-state index contributed by atoms with van der Waals surface area (Å²) >= 11 is 0. The highest BCUT2D eigenvalue weighted by Crippen LogP contribution is 2.14. The van der Waals surface area contributed by atoms with Crippen molar-refractivity contribution in [2.45, 2.75) is 19.3 Å². The molecule has 0 bridgehead atoms. The molecule has 0 unspecified atom stereocenters. The van der Waals surface area contributed by atoms with E-state index in [2.05, 4.69) is 10.1 Å². The molecule has 0 amide bonds. The van der Waals surface area contributed by atoms with Gasteiger partial charge in [0, 0.05) is 6.42 Å². The summed E-state index contributed by atoms with van der Waals surface area (Å²) in [6.07, 6.45) is 2.75. The third-order valence-corrected chi connectivity index (χ3v) is 2.15. The fraction of sp³-hybridized carbons (Fsp3) is 0.875. The third kappa shape index (κ3) is 3.93. The van der Waals surface area contributed by atoms with Crippen LogP contribution in [-0.4, -0.2) is 26.2 Å². The van der Waals surface area contributed by atoms with Gasteiger partial charge in [0.05, 0.1) is 7.11 Å². The molecule has 3 nitrogen and oxygen atoms in total. The first kappa shape index (κ1) is 11.7. The largest absolute Gasteiger partial charge is 0.469 e. The van der Waals surface area contributed by atoms with Crippen molar-refractivity contribution in [2.24, 2.45) is 5.92 Å². The molecule has 4 heteroatoms. The molecule has 1 fully saturated rings. The molecule has 12 heavy (non-hydrogen) atoms. The highest BCUT2D eigenvalue weighted by Gasteiger charge is 2.15. The Bertz CT molecular complexity index is 135. The van der Waals surface area contributed by atoms with Gasteiger partial charge in [0.15, 0.2) is 0 Å². The Morgan fingerprint density at radius 1 is 1.67 bits per heavy atom. The average Bonchev–Trinajstić information content (AvgIpc) is 2.52. The summed E-state index contributed by atoms with van der Waals surface area (Å²) < 4.78 is 4.55. The van der Waals surface area contributed by atoms with Crippen LogP contribution in [0.3, 0.4) is 0 Å². The van der Waals surface area contributed by atoms with Crippen molar-refractivity contribution in [3.05, 3.63) is 0 Å². The normalized spacial score (nSPS) is 21.6. The zero-order valence-electron chi connectivity index (χ0n) is 7.34. The Morgan fingerprint density at radius 3 is 2.92 bits per heavy atom. The van der Waals surface area contributed by atoms with Gasteiger partial charge in [-0.05, 0) is 31.8 Å². The second-order valence-electron chi connectivity index (χ2n) is 2.97. The van der Waals surface area contributed by atoms with E-state index in [1.54, 1.807) is 0 Å². The van der Waals surface area contributed by atoms with Gasteiger partial charge in [-0.25, -0.2) is 0 Å². The molecule has 1 saturated heterocycles. The summed E-state index contributed by atoms with van der Waals surface area (Å²) in [6, 6.07) is 0. The fourth-order valence-corrected chi connectivity index (χ4v) is 1.38. The SMILES string of the molecule is COC(=O)CC[C@@H]1CCNC1.Cl. The first-order valence-electron chi connectivity index (χ1n) is 4.10. The lowest BCUT2D eigenvalue weighted by Crippen LogP contribution is -2.10. The van der Waals surface area contributed by atoms with E-state index in [9.17, 15) is 4.79 Å². The monoisotopic (exact) mass is 193 g/mol. The summed E-state index contributed by atoms with van der Waals surface area (Å²) in [5.74, 6) is 0.603. The average molecular weight is 194 g/mol. The molecule has 1 N–H and O–H groups in total. The molecule has 0 aromatic rings. The van der Waals surface area contributed by atoms with Crippen molar-refractivity contribution in [1.82, 2.24) is 5.32 Å². The first-order valence-corrected chi connectivity index (χ1v) is 4.10. The van der Waals surface area contributed by atoms with Crippen LogP contribution in [0.4, 0.5) is 0 Å². The van der Waals surface area contributed by atoms with Crippen LogP contribution >= 0.6 is 12.4 Å². The predicted octanol–water partition coefficient (Wildman–Crippen LogP) is 0.971. The smallest absolute Gasteiger partial charge is 0.305 e. The molecular formula is C8H16ClNO2. The molecule has 0 aromatic carbocycles. The molecule has 0 aliphatic carbocycles. The molecule has 0 radical (unpaired) electrons. The van der Waals surface area contributed by atoms with Crippen LogP contribution in [0.2, 0.25) is 0 Å². The summed E-state index contributed by atoms with van der Waals surface area (Å²) in [4.78, 5) is 10.7. The van der Waals surface area contributed by atoms with Gasteiger partial charge in [0.25, 0.3) is 0 Å². The minimum atomic E-state index is -0.0862. The molecule has 1 aliphatic heterocycles. The fourth-order valence-electron chi connectivity index (χ4n) is 1.38. The standard InChI is InChI=1S/C8H15NO2.ClH/c1-11-8(10)3-2-7-4-5-9-6-7;/h7,9H,2-6H2,1H3;1H/t7-;/m1./s1. The molecule has 1 rings (SSSR count). The molecule has 1 heterocycles. The second kappa shape index (κ2) is 6.26. The first-order chi connectivity index (χ1) is 5.33. The van der Waals surface area contributed by atoms with Crippen LogP contribution < -0.4 is 5.32 Å². The van der Waals surface area contributed by atoms with Crippen LogP contribution in [0.25, 0.3) is 0 Å². The van der Waals surface area contributed by atoms with E-state index in [1.165, 1.54) is 13.5 Å². The predicted molar refractivity (Wildman–Crippen MR) is 49.5 cm³/mol. The van der Waals surface area contributed by atoms with Crippen molar-refractivity contribution in [1.29, 1.82) is 0 Å². The number of ether oxygens (including phenoxy) is 1. The number of carbonyl (C=O) groups excluding carboxylic acids is 1. The molecular weight excluding hydrogens is 178 g/mol. The van der Waals surface area contributed by atoms with E-state index in [4.69, 9.17) is 0 Å². The molecule has 72 valence electrons. The van der Waals surface area contributed by atoms with E-state index in [-0.39, 0.29) is 18.4 Å². The maximum atomic E-state index is 10.7. The molecule has 0 aromatic heterocycles. The second-order valence-corrected chi connectivity index (χ2v) is 2.97. The molecule has 0 saturated carbocycles. The lowest BCUT2D eigenvalue weighted by atomic mass is 10.0. The number of hydrogen-bond donors (Lipinski definition) is 1. The Labute approximate surface area is 79.3 Å². The van der Waals surface area contributed by atoms with Crippen LogP contribution in [0.1, 0.15) is 19.3 Å². The van der Waals surface area contributed by atoms with Gasteiger partial charge in [-0.2, -0.15) is 0 Å². The van der Waals surface area contributed by atoms with Crippen LogP contribution in [-0.2, 0) is 9.53 Å². The van der Waals surface area contributed by atoms with Crippen molar-refractivity contribution in [2.75, 3.05) is 20.2 Å². The molecule has 1 aliphatic rings. The van der Waals surface area contributed by atoms with E-state index >= 15 is 0 Å². The highest BCUT2D eigenvalue weighted by atomic mass is 35.5. The number of hydrogen-bond acceptors (Lipinski definition) is 3. The number of methoxy groups -OCH3 is 1. The van der Waals surface area contributed by atoms with Crippen molar-refractivity contribution in [3.8, 4) is 0 Å². The van der Waals surface area contributed by atoms with Crippen LogP contribution in [0.15, 0.2) is 0 Å². The van der Waals surface area contributed by atoms with E-state index in [0.717, 1.165) is 19.5 Å². The number of esters is 1. The summed E-state index contributed by atoms with van der Waals surface area (Å²) in [7, 11) is 1.44. The number of carbonyl (C=O) groups is 1. The third-order valence-electron chi connectivity index (χ3n) is 2.15. The van der Waals surface area contributed by atoms with Gasteiger partial charge in [0.1, 0.15) is 0 Å². The summed E-state index contributed by atoms with van der Waals surface area (Å²) in [6.45, 7) is 2.17. The number of nitrogens with one attached hydrogen (secondary N) is 1. The van der Waals surface area contributed by atoms with Crippen molar-refractivity contribution >= 4 is 18.4 Å². The lowest BCUT2D eigenvalue weighted by molar-refractivity contribution is -0.140. The summed E-state index contributed by atoms with van der Waals surface area (Å²) in [5.41, 5.74) is 0. The maximum Gasteiger partial charge on any atom is 0.305 e. The zero-order valence-corrected chi connectivity index (χ0v) is 8.15. The van der Waals surface area contributed by atoms with Gasteiger partial charge >= 0.3 is 5.97 Å². The summed E-state index contributed by atoms with van der Waals surface area (Å²) in [5, 5.41) is 3.26. The van der Waals surface area contributed by atoms with Crippen molar-refractivity contribution in [3.63, 3.8) is 0 Å². The Kier molecular flexibility index (Phi) is 6.11. The van der Waals surface area contributed by atoms with Crippen LogP contribution in [0.5, 0.6) is 0 Å². The Hall–Kier alpha value is -0.280. The van der Waals surface area contributed by atoms with Crippen LogP contribution in [0, 0.1) is 5.92 Å². The molecule has 0 spiro atoms. The highest BCUT2D eigenvalue weighted by molar-refractivity contribution is 5.85. The maximum absolute atomic E-state index is 10.7. The minimum absolute atomic E-state index is 0. The Morgan fingerprint density at radius 2 is 2.42 bits per heavy atom. The van der Waals surface area contributed by atoms with Gasteiger partial charge < -0.3 is 10.1 Å².